The normalized spacial score (nSPS) is 21.8. The molecule has 1 fully saturated rings. The zero-order valence-corrected chi connectivity index (χ0v) is 10.3. The number of ether oxygens (including phenoxy) is 2. The van der Waals surface area contributed by atoms with Crippen molar-refractivity contribution in [2.75, 3.05) is 13.2 Å². The molecule has 1 heterocycles. The van der Waals surface area contributed by atoms with E-state index in [9.17, 15) is 4.79 Å². The van der Waals surface area contributed by atoms with E-state index >= 15 is 0 Å². The molecule has 3 aliphatic rings. The van der Waals surface area contributed by atoms with Crippen molar-refractivity contribution in [2.24, 2.45) is 0 Å². The van der Waals surface area contributed by atoms with E-state index < -0.39 is 5.79 Å². The molecule has 94 valence electrons. The van der Waals surface area contributed by atoms with Gasteiger partial charge in [0.05, 0.1) is 13.2 Å². The van der Waals surface area contributed by atoms with Crippen LogP contribution in [0.3, 0.4) is 0 Å². The van der Waals surface area contributed by atoms with Crippen molar-refractivity contribution in [2.45, 2.75) is 5.79 Å². The van der Waals surface area contributed by atoms with E-state index in [4.69, 9.17) is 9.47 Å². The summed E-state index contributed by atoms with van der Waals surface area (Å²) in [5, 5.41) is 1.95. The van der Waals surface area contributed by atoms with Gasteiger partial charge in [0.1, 0.15) is 0 Å². The van der Waals surface area contributed by atoms with Crippen LogP contribution < -0.4 is 10.4 Å². The van der Waals surface area contributed by atoms with Gasteiger partial charge in [-0.2, -0.15) is 0 Å². The Kier molecular flexibility index (Phi) is 2.16. The topological polar surface area (TPSA) is 35.5 Å². The van der Waals surface area contributed by atoms with E-state index in [1.165, 1.54) is 0 Å². The second-order valence-electron chi connectivity index (χ2n) is 4.82. The minimum atomic E-state index is -0.738. The number of carbonyl (C=O) groups excluding carboxylic acids is 1. The van der Waals surface area contributed by atoms with Gasteiger partial charge in [-0.05, 0) is 34.2 Å². The Morgan fingerprint density at radius 3 is 2.68 bits per heavy atom. The summed E-state index contributed by atoms with van der Waals surface area (Å²) in [4.78, 5) is 12.1. The molecule has 0 N–H and O–H groups in total. The van der Waals surface area contributed by atoms with Crippen LogP contribution in [0.1, 0.15) is 15.9 Å². The first kappa shape index (κ1) is 10.9. The van der Waals surface area contributed by atoms with E-state index in [1.807, 2.05) is 36.4 Å². The first-order valence-corrected chi connectivity index (χ1v) is 6.33. The fourth-order valence-corrected chi connectivity index (χ4v) is 2.78. The van der Waals surface area contributed by atoms with Crippen LogP contribution in [0.25, 0.3) is 18.2 Å². The molecule has 1 spiro atoms. The van der Waals surface area contributed by atoms with Gasteiger partial charge in [0, 0.05) is 5.56 Å². The Labute approximate surface area is 110 Å². The first-order valence-electron chi connectivity index (χ1n) is 6.33. The lowest BCUT2D eigenvalue weighted by Gasteiger charge is -2.23. The molecule has 1 aromatic rings. The predicted octanol–water partition coefficient (Wildman–Crippen LogP) is 0.770. The third-order valence-electron chi connectivity index (χ3n) is 3.66. The van der Waals surface area contributed by atoms with Gasteiger partial charge >= 0.3 is 0 Å². The molecule has 1 saturated heterocycles. The molecule has 0 bridgehead atoms. The molecule has 0 saturated carbocycles. The Bertz CT molecular complexity index is 747. The lowest BCUT2D eigenvalue weighted by molar-refractivity contribution is -0.0602. The molecule has 4 rings (SSSR count). The summed E-state index contributed by atoms with van der Waals surface area (Å²) in [7, 11) is 0. The molecule has 0 radical (unpaired) electrons. The molecule has 0 unspecified atom stereocenters. The highest BCUT2D eigenvalue weighted by Gasteiger charge is 2.33. The highest BCUT2D eigenvalue weighted by molar-refractivity contribution is 6.09. The van der Waals surface area contributed by atoms with Crippen molar-refractivity contribution in [3.8, 4) is 0 Å². The van der Waals surface area contributed by atoms with E-state index in [0.29, 0.717) is 13.2 Å². The van der Waals surface area contributed by atoms with Crippen LogP contribution in [0.5, 0.6) is 0 Å². The van der Waals surface area contributed by atoms with Crippen LogP contribution >= 0.6 is 0 Å². The minimum Gasteiger partial charge on any atom is -0.341 e. The fourth-order valence-electron chi connectivity index (χ4n) is 2.78. The number of allylic oxidation sites excluding steroid dienone is 2. The van der Waals surface area contributed by atoms with Crippen LogP contribution in [-0.2, 0) is 9.47 Å². The summed E-state index contributed by atoms with van der Waals surface area (Å²) in [6.07, 6.45) is 11.1. The number of rotatable bonds is 0. The van der Waals surface area contributed by atoms with Gasteiger partial charge in [-0.15, -0.1) is 0 Å². The lowest BCUT2D eigenvalue weighted by Crippen LogP contribution is -2.33. The molecule has 1 aliphatic heterocycles. The van der Waals surface area contributed by atoms with Gasteiger partial charge < -0.3 is 9.47 Å². The minimum absolute atomic E-state index is 0.0524. The maximum atomic E-state index is 12.1. The zero-order chi connectivity index (χ0) is 12.9. The van der Waals surface area contributed by atoms with Crippen molar-refractivity contribution in [3.05, 3.63) is 51.9 Å². The fraction of sp³-hybridized carbons (Fsp3) is 0.188. The molecule has 1 aromatic carbocycles. The molecule has 3 heteroatoms. The summed E-state index contributed by atoms with van der Waals surface area (Å²) in [5.74, 6) is -0.685. The number of carbonyl (C=O) groups is 1. The van der Waals surface area contributed by atoms with E-state index in [-0.39, 0.29) is 5.78 Å². The summed E-state index contributed by atoms with van der Waals surface area (Å²) >= 11 is 0. The quantitative estimate of drug-likeness (QED) is 0.684. The van der Waals surface area contributed by atoms with Gasteiger partial charge in [0.2, 0.25) is 5.79 Å². The Morgan fingerprint density at radius 2 is 1.84 bits per heavy atom. The SMILES string of the molecule is O=C1C=CC=c2ccc3c(c21)C=CC1(C=3)OCCO1. The van der Waals surface area contributed by atoms with Crippen LogP contribution in [0.4, 0.5) is 0 Å². The maximum absolute atomic E-state index is 12.1. The molecular weight excluding hydrogens is 240 g/mol. The average Bonchev–Trinajstić information content (AvgIpc) is 2.87. The maximum Gasteiger partial charge on any atom is 0.209 e. The summed E-state index contributed by atoms with van der Waals surface area (Å²) in [6.45, 7) is 1.19. The van der Waals surface area contributed by atoms with Crippen LogP contribution in [0.2, 0.25) is 0 Å². The van der Waals surface area contributed by atoms with E-state index in [2.05, 4.69) is 0 Å². The van der Waals surface area contributed by atoms with Crippen LogP contribution in [-0.4, -0.2) is 24.8 Å². The number of hydrogen-bond acceptors (Lipinski definition) is 3. The van der Waals surface area contributed by atoms with Gasteiger partial charge in [-0.3, -0.25) is 4.79 Å². The summed E-state index contributed by atoms with van der Waals surface area (Å²) < 4.78 is 11.3. The Balaban J connectivity index is 2.00. The number of fused-ring (bicyclic) bond motifs is 3. The van der Waals surface area contributed by atoms with E-state index in [0.717, 1.165) is 21.6 Å². The lowest BCUT2D eigenvalue weighted by atomic mass is 9.92. The van der Waals surface area contributed by atoms with Crippen molar-refractivity contribution >= 4 is 24.0 Å². The number of hydrogen-bond donors (Lipinski definition) is 0. The zero-order valence-electron chi connectivity index (χ0n) is 10.3. The van der Waals surface area contributed by atoms with Crippen molar-refractivity contribution in [3.63, 3.8) is 0 Å². The highest BCUT2D eigenvalue weighted by atomic mass is 16.7. The van der Waals surface area contributed by atoms with Crippen molar-refractivity contribution in [1.82, 2.24) is 0 Å². The van der Waals surface area contributed by atoms with Crippen molar-refractivity contribution < 1.29 is 14.3 Å². The summed E-state index contributed by atoms with van der Waals surface area (Å²) in [5.41, 5.74) is 1.72. The van der Waals surface area contributed by atoms with Gasteiger partial charge in [0.15, 0.2) is 5.78 Å². The highest BCUT2D eigenvalue weighted by Crippen LogP contribution is 2.26. The van der Waals surface area contributed by atoms with Gasteiger partial charge in [0.25, 0.3) is 0 Å². The largest absolute Gasteiger partial charge is 0.341 e. The van der Waals surface area contributed by atoms with Crippen molar-refractivity contribution in [1.29, 1.82) is 0 Å². The Morgan fingerprint density at radius 1 is 1.05 bits per heavy atom. The average molecular weight is 252 g/mol. The molecule has 0 amide bonds. The first-order chi connectivity index (χ1) is 9.27. The monoisotopic (exact) mass is 252 g/mol. The standard InChI is InChI=1S/C16H12O3/c17-14-3-1-2-11-4-5-12-10-16(18-8-9-19-16)7-6-13(12)15(11)14/h1-7,10H,8-9H2. The molecule has 3 nitrogen and oxygen atoms in total. The summed E-state index contributed by atoms with van der Waals surface area (Å²) in [6, 6.07) is 3.97. The predicted molar refractivity (Wildman–Crippen MR) is 71.8 cm³/mol. The third-order valence-corrected chi connectivity index (χ3v) is 3.66. The second kappa shape index (κ2) is 3.76. The van der Waals surface area contributed by atoms with Gasteiger partial charge in [-0.1, -0.05) is 30.4 Å². The molecule has 0 atom stereocenters. The van der Waals surface area contributed by atoms with Crippen LogP contribution in [0, 0.1) is 0 Å². The van der Waals surface area contributed by atoms with E-state index in [1.54, 1.807) is 12.2 Å². The molecule has 19 heavy (non-hydrogen) atoms. The number of ketones is 1. The molecule has 0 aromatic heterocycles. The molecule has 2 aliphatic carbocycles. The second-order valence-corrected chi connectivity index (χ2v) is 4.82. The van der Waals surface area contributed by atoms with Gasteiger partial charge in [-0.25, -0.2) is 0 Å². The smallest absolute Gasteiger partial charge is 0.209 e. The number of benzene rings is 1. The Hall–Kier alpha value is -1.97. The van der Waals surface area contributed by atoms with Crippen LogP contribution in [0.15, 0.2) is 30.4 Å². The third kappa shape index (κ3) is 1.56. The molecular formula is C16H12O3.